The molecule has 2 atom stereocenters. The molecule has 0 saturated carbocycles. The van der Waals surface area contributed by atoms with Crippen LogP contribution in [-0.4, -0.2) is 42.7 Å². The molecule has 0 radical (unpaired) electrons. The molecule has 2 unspecified atom stereocenters. The van der Waals surface area contributed by atoms with Crippen LogP contribution in [0.25, 0.3) is 0 Å². The molecule has 20 heavy (non-hydrogen) atoms. The van der Waals surface area contributed by atoms with Crippen molar-refractivity contribution in [2.45, 2.75) is 39.3 Å². The standard InChI is InChI=1S/C16H29N3O/c1-5-15(17)16(14-6-8-18-9-7-14)19(10-11-20-4)12-13(2)3/h6-9,13,15-16H,5,10-12,17H2,1-4H3. The maximum atomic E-state index is 6.39. The van der Waals surface area contributed by atoms with E-state index in [4.69, 9.17) is 10.5 Å². The molecule has 0 aromatic carbocycles. The molecular weight excluding hydrogens is 250 g/mol. The van der Waals surface area contributed by atoms with Gasteiger partial charge < -0.3 is 10.5 Å². The summed E-state index contributed by atoms with van der Waals surface area (Å²) in [4.78, 5) is 6.55. The summed E-state index contributed by atoms with van der Waals surface area (Å²) < 4.78 is 5.26. The van der Waals surface area contributed by atoms with Crippen LogP contribution in [0.5, 0.6) is 0 Å². The Balaban J connectivity index is 2.97. The topological polar surface area (TPSA) is 51.4 Å². The number of hydrogen-bond donors (Lipinski definition) is 1. The summed E-state index contributed by atoms with van der Waals surface area (Å²) in [5, 5.41) is 0. The zero-order chi connectivity index (χ0) is 15.0. The summed E-state index contributed by atoms with van der Waals surface area (Å²) in [5.41, 5.74) is 7.64. The van der Waals surface area contributed by atoms with Crippen LogP contribution < -0.4 is 5.73 Å². The summed E-state index contributed by atoms with van der Waals surface area (Å²) in [7, 11) is 1.74. The zero-order valence-electron chi connectivity index (χ0n) is 13.2. The third-order valence-electron chi connectivity index (χ3n) is 3.50. The lowest BCUT2D eigenvalue weighted by molar-refractivity contribution is 0.0975. The van der Waals surface area contributed by atoms with Gasteiger partial charge in [0.05, 0.1) is 12.6 Å². The van der Waals surface area contributed by atoms with Crippen LogP contribution >= 0.6 is 0 Å². The largest absolute Gasteiger partial charge is 0.383 e. The summed E-state index contributed by atoms with van der Waals surface area (Å²) in [6.45, 7) is 9.26. The van der Waals surface area contributed by atoms with Gasteiger partial charge >= 0.3 is 0 Å². The molecule has 0 aliphatic rings. The number of ether oxygens (including phenoxy) is 1. The number of aromatic nitrogens is 1. The van der Waals surface area contributed by atoms with Crippen LogP contribution in [0.3, 0.4) is 0 Å². The van der Waals surface area contributed by atoms with Crippen LogP contribution in [0.15, 0.2) is 24.5 Å². The number of methoxy groups -OCH3 is 1. The van der Waals surface area contributed by atoms with Crippen molar-refractivity contribution in [3.05, 3.63) is 30.1 Å². The minimum Gasteiger partial charge on any atom is -0.383 e. The van der Waals surface area contributed by atoms with Crippen LogP contribution in [0.2, 0.25) is 0 Å². The quantitative estimate of drug-likeness (QED) is 0.754. The first-order valence-corrected chi connectivity index (χ1v) is 7.48. The van der Waals surface area contributed by atoms with E-state index < -0.39 is 0 Å². The molecule has 1 aromatic heterocycles. The molecule has 0 fully saturated rings. The molecule has 4 nitrogen and oxygen atoms in total. The molecular formula is C16H29N3O. The van der Waals surface area contributed by atoms with Gasteiger partial charge in [-0.05, 0) is 30.0 Å². The predicted octanol–water partition coefficient (Wildman–Crippen LogP) is 2.46. The summed E-state index contributed by atoms with van der Waals surface area (Å²) >= 11 is 0. The fraction of sp³-hybridized carbons (Fsp3) is 0.688. The Hall–Kier alpha value is -0.970. The second-order valence-electron chi connectivity index (χ2n) is 5.68. The van der Waals surface area contributed by atoms with Crippen LogP contribution in [0.1, 0.15) is 38.8 Å². The Kier molecular flexibility index (Phi) is 7.73. The third-order valence-corrected chi connectivity index (χ3v) is 3.50. The van der Waals surface area contributed by atoms with Crippen molar-refractivity contribution < 1.29 is 4.74 Å². The molecule has 1 aromatic rings. The van der Waals surface area contributed by atoms with Crippen LogP contribution in [-0.2, 0) is 4.74 Å². The first-order valence-electron chi connectivity index (χ1n) is 7.48. The maximum absolute atomic E-state index is 6.39. The lowest BCUT2D eigenvalue weighted by Gasteiger charge is -2.36. The van der Waals surface area contributed by atoms with Crippen molar-refractivity contribution >= 4 is 0 Å². The van der Waals surface area contributed by atoms with E-state index in [2.05, 4.69) is 42.8 Å². The van der Waals surface area contributed by atoms with E-state index in [-0.39, 0.29) is 12.1 Å². The summed E-state index contributed by atoms with van der Waals surface area (Å²) in [6, 6.07) is 4.48. The molecule has 2 N–H and O–H groups in total. The van der Waals surface area contributed by atoms with E-state index in [0.29, 0.717) is 5.92 Å². The third kappa shape index (κ3) is 5.19. The smallest absolute Gasteiger partial charge is 0.0589 e. The molecule has 0 spiro atoms. The second-order valence-corrected chi connectivity index (χ2v) is 5.68. The Morgan fingerprint density at radius 2 is 1.95 bits per heavy atom. The molecule has 0 aliphatic heterocycles. The van der Waals surface area contributed by atoms with Crippen molar-refractivity contribution in [1.82, 2.24) is 9.88 Å². The maximum Gasteiger partial charge on any atom is 0.0589 e. The molecule has 1 rings (SSSR count). The SMILES string of the molecule is CCC(N)C(c1ccncc1)N(CCOC)CC(C)C. The normalized spacial score (nSPS) is 14.8. The minimum absolute atomic E-state index is 0.119. The first kappa shape index (κ1) is 17.1. The highest BCUT2D eigenvalue weighted by atomic mass is 16.5. The highest BCUT2D eigenvalue weighted by Crippen LogP contribution is 2.25. The molecule has 4 heteroatoms. The summed E-state index contributed by atoms with van der Waals surface area (Å²) in [6.07, 6.45) is 4.64. The number of nitrogens with two attached hydrogens (primary N) is 1. The van der Waals surface area contributed by atoms with Gasteiger partial charge in [-0.1, -0.05) is 20.8 Å². The van der Waals surface area contributed by atoms with Gasteiger partial charge in [0, 0.05) is 38.6 Å². The van der Waals surface area contributed by atoms with Crippen molar-refractivity contribution in [1.29, 1.82) is 0 Å². The van der Waals surface area contributed by atoms with Crippen molar-refractivity contribution in [3.63, 3.8) is 0 Å². The van der Waals surface area contributed by atoms with E-state index >= 15 is 0 Å². The van der Waals surface area contributed by atoms with Gasteiger partial charge in [-0.15, -0.1) is 0 Å². The molecule has 0 aliphatic carbocycles. The number of pyridine rings is 1. The van der Waals surface area contributed by atoms with Gasteiger partial charge in [0.1, 0.15) is 0 Å². The molecule has 114 valence electrons. The fourth-order valence-electron chi connectivity index (χ4n) is 2.53. The molecule has 1 heterocycles. The molecule has 0 bridgehead atoms. The highest BCUT2D eigenvalue weighted by molar-refractivity contribution is 5.17. The van der Waals surface area contributed by atoms with E-state index in [9.17, 15) is 0 Å². The average molecular weight is 279 g/mol. The van der Waals surface area contributed by atoms with Gasteiger partial charge in [-0.25, -0.2) is 0 Å². The van der Waals surface area contributed by atoms with E-state index in [0.717, 1.165) is 26.1 Å². The van der Waals surface area contributed by atoms with Crippen LogP contribution in [0, 0.1) is 5.92 Å². The Bertz CT molecular complexity index is 356. The van der Waals surface area contributed by atoms with Gasteiger partial charge in [0.25, 0.3) is 0 Å². The van der Waals surface area contributed by atoms with E-state index in [1.165, 1.54) is 5.56 Å². The van der Waals surface area contributed by atoms with E-state index in [1.54, 1.807) is 7.11 Å². The minimum atomic E-state index is 0.119. The van der Waals surface area contributed by atoms with Crippen LogP contribution in [0.4, 0.5) is 0 Å². The fourth-order valence-corrected chi connectivity index (χ4v) is 2.53. The number of nitrogens with zero attached hydrogens (tertiary/aromatic N) is 2. The molecule has 0 amide bonds. The average Bonchev–Trinajstić information content (AvgIpc) is 2.45. The van der Waals surface area contributed by atoms with Gasteiger partial charge in [0.2, 0.25) is 0 Å². The Morgan fingerprint density at radius 1 is 1.30 bits per heavy atom. The zero-order valence-corrected chi connectivity index (χ0v) is 13.2. The lowest BCUT2D eigenvalue weighted by atomic mass is 9.96. The van der Waals surface area contributed by atoms with E-state index in [1.807, 2.05) is 12.4 Å². The van der Waals surface area contributed by atoms with Crippen molar-refractivity contribution in [2.24, 2.45) is 11.7 Å². The van der Waals surface area contributed by atoms with Gasteiger partial charge in [-0.3, -0.25) is 9.88 Å². The van der Waals surface area contributed by atoms with Gasteiger partial charge in [-0.2, -0.15) is 0 Å². The predicted molar refractivity (Wildman–Crippen MR) is 83.5 cm³/mol. The highest BCUT2D eigenvalue weighted by Gasteiger charge is 2.25. The Morgan fingerprint density at radius 3 is 2.45 bits per heavy atom. The first-order chi connectivity index (χ1) is 9.60. The Labute approximate surface area is 123 Å². The van der Waals surface area contributed by atoms with Gasteiger partial charge in [0.15, 0.2) is 0 Å². The lowest BCUT2D eigenvalue weighted by Crippen LogP contribution is -2.43. The summed E-state index contributed by atoms with van der Waals surface area (Å²) in [5.74, 6) is 0.597. The van der Waals surface area contributed by atoms with Crippen molar-refractivity contribution in [3.8, 4) is 0 Å². The second kappa shape index (κ2) is 9.06. The number of rotatable bonds is 9. The monoisotopic (exact) mass is 279 g/mol. The molecule has 0 saturated heterocycles. The number of hydrogen-bond acceptors (Lipinski definition) is 4. The van der Waals surface area contributed by atoms with Crippen molar-refractivity contribution in [2.75, 3.05) is 26.8 Å².